The molecule has 0 unspecified atom stereocenters. The standard InChI is InChI=1S/C20H21N5O3/c1-11(2)25-16-9-14-13(8-15(16)24-20(25)26)19(22-10-21-14)23-12-5-6-17(27-3)18(7-12)28-4/h5-11H,1-4H3,(H,24,26)(H,21,22,23). The molecular formula is C20H21N5O3. The molecule has 0 aliphatic rings. The van der Waals surface area contributed by atoms with Gasteiger partial charge in [-0.2, -0.15) is 0 Å². The Morgan fingerprint density at radius 1 is 1.07 bits per heavy atom. The number of fused-ring (bicyclic) bond motifs is 2. The molecule has 0 fully saturated rings. The molecular weight excluding hydrogens is 358 g/mol. The number of hydrogen-bond acceptors (Lipinski definition) is 6. The number of benzene rings is 2. The Bertz CT molecular complexity index is 1230. The number of nitrogens with zero attached hydrogens (tertiary/aromatic N) is 3. The van der Waals surface area contributed by atoms with Crippen LogP contribution in [0.15, 0.2) is 41.5 Å². The maximum atomic E-state index is 12.3. The predicted molar refractivity (Wildman–Crippen MR) is 109 cm³/mol. The fourth-order valence-corrected chi connectivity index (χ4v) is 3.34. The van der Waals surface area contributed by atoms with Gasteiger partial charge in [-0.3, -0.25) is 4.57 Å². The molecule has 0 amide bonds. The van der Waals surface area contributed by atoms with Crippen LogP contribution in [0.4, 0.5) is 11.5 Å². The summed E-state index contributed by atoms with van der Waals surface area (Å²) in [6.45, 7) is 3.95. The lowest BCUT2D eigenvalue weighted by molar-refractivity contribution is 0.355. The summed E-state index contributed by atoms with van der Waals surface area (Å²) < 4.78 is 12.4. The second kappa shape index (κ2) is 6.88. The summed E-state index contributed by atoms with van der Waals surface area (Å²) in [5.74, 6) is 1.90. The maximum Gasteiger partial charge on any atom is 0.326 e. The molecule has 0 bridgehead atoms. The predicted octanol–water partition coefficient (Wildman–Crippen LogP) is 3.61. The summed E-state index contributed by atoms with van der Waals surface area (Å²) in [5.41, 5.74) is 2.98. The minimum Gasteiger partial charge on any atom is -0.493 e. The average molecular weight is 379 g/mol. The van der Waals surface area contributed by atoms with Crippen LogP contribution in [0.2, 0.25) is 0 Å². The van der Waals surface area contributed by atoms with Crippen LogP contribution in [0.1, 0.15) is 19.9 Å². The van der Waals surface area contributed by atoms with Crippen molar-refractivity contribution in [2.75, 3.05) is 19.5 Å². The van der Waals surface area contributed by atoms with Gasteiger partial charge in [0.05, 0.1) is 30.8 Å². The number of imidazole rings is 1. The molecule has 0 atom stereocenters. The maximum absolute atomic E-state index is 12.3. The van der Waals surface area contributed by atoms with Crippen molar-refractivity contribution < 1.29 is 9.47 Å². The third-order valence-electron chi connectivity index (χ3n) is 4.64. The Kier molecular flexibility index (Phi) is 4.38. The molecule has 8 nitrogen and oxygen atoms in total. The fraction of sp³-hybridized carbons (Fsp3) is 0.250. The van der Waals surface area contributed by atoms with E-state index in [0.29, 0.717) is 17.3 Å². The van der Waals surface area contributed by atoms with E-state index >= 15 is 0 Å². The van der Waals surface area contributed by atoms with Crippen molar-refractivity contribution in [2.24, 2.45) is 0 Å². The van der Waals surface area contributed by atoms with E-state index in [2.05, 4.69) is 20.3 Å². The van der Waals surface area contributed by atoms with Gasteiger partial charge in [-0.25, -0.2) is 14.8 Å². The number of ether oxygens (including phenoxy) is 2. The molecule has 28 heavy (non-hydrogen) atoms. The molecule has 0 saturated carbocycles. The van der Waals surface area contributed by atoms with E-state index in [9.17, 15) is 4.79 Å². The van der Waals surface area contributed by atoms with Gasteiger partial charge in [0.25, 0.3) is 0 Å². The molecule has 4 aromatic rings. The SMILES string of the molecule is COc1ccc(Nc2ncnc3cc4c(cc23)[nH]c(=O)n4C(C)C)cc1OC. The molecule has 8 heteroatoms. The Hall–Kier alpha value is -3.55. The van der Waals surface area contributed by atoms with Gasteiger partial charge >= 0.3 is 5.69 Å². The van der Waals surface area contributed by atoms with Crippen LogP contribution in [0.5, 0.6) is 11.5 Å². The Balaban J connectivity index is 1.83. The van der Waals surface area contributed by atoms with Gasteiger partial charge in [0.15, 0.2) is 11.5 Å². The van der Waals surface area contributed by atoms with Gasteiger partial charge in [-0.15, -0.1) is 0 Å². The van der Waals surface area contributed by atoms with Crippen molar-refractivity contribution in [3.8, 4) is 11.5 Å². The van der Waals surface area contributed by atoms with Gasteiger partial charge in [0, 0.05) is 23.2 Å². The zero-order valence-electron chi connectivity index (χ0n) is 16.1. The van der Waals surface area contributed by atoms with Gasteiger partial charge < -0.3 is 19.8 Å². The van der Waals surface area contributed by atoms with Gasteiger partial charge in [0.1, 0.15) is 12.1 Å². The third kappa shape index (κ3) is 2.92. The smallest absolute Gasteiger partial charge is 0.326 e. The largest absolute Gasteiger partial charge is 0.493 e. The lowest BCUT2D eigenvalue weighted by atomic mass is 10.2. The second-order valence-electron chi connectivity index (χ2n) is 6.70. The highest BCUT2D eigenvalue weighted by Crippen LogP contribution is 2.32. The van der Waals surface area contributed by atoms with Crippen LogP contribution in [-0.2, 0) is 0 Å². The lowest BCUT2D eigenvalue weighted by Gasteiger charge is -2.12. The summed E-state index contributed by atoms with van der Waals surface area (Å²) in [5, 5.41) is 4.10. The highest BCUT2D eigenvalue weighted by molar-refractivity contribution is 5.99. The zero-order valence-corrected chi connectivity index (χ0v) is 16.1. The van der Waals surface area contributed by atoms with E-state index < -0.39 is 0 Å². The molecule has 2 aromatic heterocycles. The van der Waals surface area contributed by atoms with Crippen molar-refractivity contribution in [2.45, 2.75) is 19.9 Å². The number of aromatic nitrogens is 4. The van der Waals surface area contributed by atoms with E-state index in [1.807, 2.05) is 44.2 Å². The minimum atomic E-state index is -0.136. The molecule has 0 saturated heterocycles. The Morgan fingerprint density at radius 2 is 1.86 bits per heavy atom. The number of anilines is 2. The third-order valence-corrected chi connectivity index (χ3v) is 4.64. The number of nitrogens with one attached hydrogen (secondary N) is 2. The van der Waals surface area contributed by atoms with Crippen LogP contribution in [-0.4, -0.2) is 33.7 Å². The molecule has 4 rings (SSSR count). The van der Waals surface area contributed by atoms with E-state index in [0.717, 1.165) is 27.6 Å². The first kappa shape index (κ1) is 17.8. The van der Waals surface area contributed by atoms with Crippen LogP contribution in [0, 0.1) is 0 Å². The quantitative estimate of drug-likeness (QED) is 0.550. The first-order valence-electron chi connectivity index (χ1n) is 8.90. The van der Waals surface area contributed by atoms with E-state index in [-0.39, 0.29) is 11.7 Å². The fourth-order valence-electron chi connectivity index (χ4n) is 3.34. The Morgan fingerprint density at radius 3 is 2.57 bits per heavy atom. The number of H-pyrrole nitrogens is 1. The van der Waals surface area contributed by atoms with Crippen molar-refractivity contribution in [3.05, 3.63) is 47.1 Å². The normalized spacial score (nSPS) is 11.3. The van der Waals surface area contributed by atoms with Gasteiger partial charge in [0.2, 0.25) is 0 Å². The Labute approximate surface area is 161 Å². The summed E-state index contributed by atoms with van der Waals surface area (Å²) >= 11 is 0. The molecule has 144 valence electrons. The summed E-state index contributed by atoms with van der Waals surface area (Å²) in [4.78, 5) is 24.0. The number of hydrogen-bond donors (Lipinski definition) is 2. The summed E-state index contributed by atoms with van der Waals surface area (Å²) in [7, 11) is 3.19. The number of rotatable bonds is 5. The van der Waals surface area contributed by atoms with E-state index in [4.69, 9.17) is 9.47 Å². The highest BCUT2D eigenvalue weighted by Gasteiger charge is 2.14. The van der Waals surface area contributed by atoms with Crippen molar-refractivity contribution >= 4 is 33.4 Å². The van der Waals surface area contributed by atoms with E-state index in [1.165, 1.54) is 6.33 Å². The number of aromatic amines is 1. The molecule has 2 heterocycles. The highest BCUT2D eigenvalue weighted by atomic mass is 16.5. The van der Waals surface area contributed by atoms with Crippen molar-refractivity contribution in [3.63, 3.8) is 0 Å². The molecule has 0 aliphatic carbocycles. The first-order valence-corrected chi connectivity index (χ1v) is 8.90. The average Bonchev–Trinajstić information content (AvgIpc) is 3.01. The van der Waals surface area contributed by atoms with Crippen LogP contribution in [0.25, 0.3) is 21.9 Å². The van der Waals surface area contributed by atoms with Crippen molar-refractivity contribution in [1.29, 1.82) is 0 Å². The minimum absolute atomic E-state index is 0.0462. The second-order valence-corrected chi connectivity index (χ2v) is 6.70. The van der Waals surface area contributed by atoms with Crippen molar-refractivity contribution in [1.82, 2.24) is 19.5 Å². The molecule has 2 aromatic carbocycles. The molecule has 0 spiro atoms. The van der Waals surface area contributed by atoms with Gasteiger partial charge in [-0.05, 0) is 38.1 Å². The topological polar surface area (TPSA) is 94.1 Å². The number of methoxy groups -OCH3 is 2. The van der Waals surface area contributed by atoms with Crippen LogP contribution in [0.3, 0.4) is 0 Å². The first-order chi connectivity index (χ1) is 13.5. The molecule has 0 aliphatic heterocycles. The molecule has 2 N–H and O–H groups in total. The monoisotopic (exact) mass is 379 g/mol. The van der Waals surface area contributed by atoms with Crippen LogP contribution >= 0.6 is 0 Å². The zero-order chi connectivity index (χ0) is 19.8. The lowest BCUT2D eigenvalue weighted by Crippen LogP contribution is -2.18. The van der Waals surface area contributed by atoms with Crippen LogP contribution < -0.4 is 20.5 Å². The summed E-state index contributed by atoms with van der Waals surface area (Å²) in [6.07, 6.45) is 1.50. The summed E-state index contributed by atoms with van der Waals surface area (Å²) in [6, 6.07) is 9.39. The van der Waals surface area contributed by atoms with Gasteiger partial charge in [-0.1, -0.05) is 0 Å². The van der Waals surface area contributed by atoms with E-state index in [1.54, 1.807) is 18.8 Å². The molecule has 0 radical (unpaired) electrons.